The van der Waals surface area contributed by atoms with Crippen LogP contribution in [0.5, 0.6) is 0 Å². The molecule has 0 aromatic carbocycles. The zero-order valence-electron chi connectivity index (χ0n) is 11.1. The summed E-state index contributed by atoms with van der Waals surface area (Å²) in [5.74, 6) is 0. The third kappa shape index (κ3) is 4.91. The van der Waals surface area contributed by atoms with Crippen LogP contribution < -0.4 is 10.0 Å². The quantitative estimate of drug-likeness (QED) is 0.710. The molecule has 1 fully saturated rings. The van der Waals surface area contributed by atoms with Gasteiger partial charge in [0.15, 0.2) is 0 Å². The average molecular weight is 263 g/mol. The van der Waals surface area contributed by atoms with E-state index in [4.69, 9.17) is 0 Å². The fourth-order valence-corrected chi connectivity index (χ4v) is 3.63. The van der Waals surface area contributed by atoms with Crippen molar-refractivity contribution < 1.29 is 8.42 Å². The minimum Gasteiger partial charge on any atom is -0.313 e. The number of hydrogen-bond acceptors (Lipinski definition) is 3. The molecule has 0 aromatic heterocycles. The molecule has 5 nitrogen and oxygen atoms in total. The predicted molar refractivity (Wildman–Crippen MR) is 70.1 cm³/mol. The molecular formula is C11H25N3O2S. The highest BCUT2D eigenvalue weighted by molar-refractivity contribution is 7.87. The van der Waals surface area contributed by atoms with Crippen LogP contribution in [-0.4, -0.2) is 44.4 Å². The third-order valence-electron chi connectivity index (χ3n) is 2.78. The molecule has 1 heterocycles. The van der Waals surface area contributed by atoms with Crippen LogP contribution in [0.25, 0.3) is 0 Å². The Kier molecular flexibility index (Phi) is 5.85. The Hall–Kier alpha value is -0.170. The van der Waals surface area contributed by atoms with Crippen molar-refractivity contribution in [1.29, 1.82) is 0 Å². The van der Waals surface area contributed by atoms with Gasteiger partial charge in [0.25, 0.3) is 10.2 Å². The summed E-state index contributed by atoms with van der Waals surface area (Å²) in [5, 5.41) is 3.34. The minimum absolute atomic E-state index is 0.0594. The summed E-state index contributed by atoms with van der Waals surface area (Å²) in [6.45, 7) is 7.85. The first-order valence-electron chi connectivity index (χ1n) is 6.46. The first-order chi connectivity index (χ1) is 7.95. The van der Waals surface area contributed by atoms with Crippen molar-refractivity contribution in [2.24, 2.45) is 0 Å². The van der Waals surface area contributed by atoms with Crippen LogP contribution in [0, 0.1) is 0 Å². The molecule has 102 valence electrons. The maximum absolute atomic E-state index is 12.1. The van der Waals surface area contributed by atoms with Crippen LogP contribution in [0.15, 0.2) is 0 Å². The molecule has 0 spiro atoms. The normalized spacial score (nSPS) is 21.6. The summed E-state index contributed by atoms with van der Waals surface area (Å²) in [7, 11) is -3.33. The van der Waals surface area contributed by atoms with E-state index < -0.39 is 10.2 Å². The molecule has 1 saturated heterocycles. The summed E-state index contributed by atoms with van der Waals surface area (Å²) in [6, 6.07) is 0.251. The molecule has 6 heteroatoms. The standard InChI is InChI=1S/C11H25N3O2S/c1-4-8-14(9-11-6-5-7-12-11)17(15,16)13-10(2)3/h10-13H,4-9H2,1-3H3. The van der Waals surface area contributed by atoms with Crippen molar-refractivity contribution in [2.45, 2.75) is 52.1 Å². The van der Waals surface area contributed by atoms with Gasteiger partial charge in [-0.05, 0) is 39.7 Å². The van der Waals surface area contributed by atoms with E-state index in [9.17, 15) is 8.42 Å². The zero-order valence-corrected chi connectivity index (χ0v) is 11.9. The molecule has 0 amide bonds. The second-order valence-corrected chi connectivity index (χ2v) is 6.63. The number of nitrogens with one attached hydrogen (secondary N) is 2. The van der Waals surface area contributed by atoms with E-state index in [-0.39, 0.29) is 6.04 Å². The highest BCUT2D eigenvalue weighted by Crippen LogP contribution is 2.10. The number of hydrogen-bond donors (Lipinski definition) is 2. The van der Waals surface area contributed by atoms with Gasteiger partial charge in [-0.3, -0.25) is 0 Å². The maximum atomic E-state index is 12.1. The van der Waals surface area contributed by atoms with E-state index in [1.165, 1.54) is 0 Å². The van der Waals surface area contributed by atoms with E-state index in [0.29, 0.717) is 19.1 Å². The summed E-state index contributed by atoms with van der Waals surface area (Å²) in [5.41, 5.74) is 0. The molecule has 1 unspecified atom stereocenters. The lowest BCUT2D eigenvalue weighted by molar-refractivity contribution is 0.361. The van der Waals surface area contributed by atoms with Crippen LogP contribution in [0.1, 0.15) is 40.0 Å². The first kappa shape index (κ1) is 14.9. The largest absolute Gasteiger partial charge is 0.313 e. The van der Waals surface area contributed by atoms with Gasteiger partial charge in [-0.15, -0.1) is 0 Å². The lowest BCUT2D eigenvalue weighted by Crippen LogP contribution is -2.48. The van der Waals surface area contributed by atoms with Crippen LogP contribution in [0.4, 0.5) is 0 Å². The SMILES string of the molecule is CCCN(CC1CCCN1)S(=O)(=O)NC(C)C. The molecule has 1 aliphatic heterocycles. The molecule has 0 radical (unpaired) electrons. The molecule has 2 N–H and O–H groups in total. The molecule has 0 bridgehead atoms. The monoisotopic (exact) mass is 263 g/mol. The summed E-state index contributed by atoms with van der Waals surface area (Å²) in [4.78, 5) is 0. The fourth-order valence-electron chi connectivity index (χ4n) is 2.09. The van der Waals surface area contributed by atoms with E-state index in [1.54, 1.807) is 4.31 Å². The van der Waals surface area contributed by atoms with Gasteiger partial charge in [-0.25, -0.2) is 0 Å². The van der Waals surface area contributed by atoms with Crippen molar-refractivity contribution in [1.82, 2.24) is 14.3 Å². The second kappa shape index (κ2) is 6.68. The predicted octanol–water partition coefficient (Wildman–Crippen LogP) is 0.693. The van der Waals surface area contributed by atoms with Gasteiger partial charge in [0.2, 0.25) is 0 Å². The van der Waals surface area contributed by atoms with E-state index >= 15 is 0 Å². The highest BCUT2D eigenvalue weighted by Gasteiger charge is 2.26. The summed E-state index contributed by atoms with van der Waals surface area (Å²) < 4.78 is 28.4. The Morgan fingerprint density at radius 1 is 1.47 bits per heavy atom. The summed E-state index contributed by atoms with van der Waals surface area (Å²) in [6.07, 6.45) is 3.05. The van der Waals surface area contributed by atoms with Gasteiger partial charge in [0.1, 0.15) is 0 Å². The molecule has 17 heavy (non-hydrogen) atoms. The van der Waals surface area contributed by atoms with Gasteiger partial charge in [-0.2, -0.15) is 17.4 Å². The Morgan fingerprint density at radius 2 is 2.18 bits per heavy atom. The number of rotatable bonds is 7. The Balaban J connectivity index is 2.62. The van der Waals surface area contributed by atoms with Gasteiger partial charge >= 0.3 is 0 Å². The van der Waals surface area contributed by atoms with Gasteiger partial charge in [0.05, 0.1) is 0 Å². The smallest absolute Gasteiger partial charge is 0.279 e. The second-order valence-electron chi connectivity index (χ2n) is 4.93. The maximum Gasteiger partial charge on any atom is 0.279 e. The number of nitrogens with zero attached hydrogens (tertiary/aromatic N) is 1. The molecule has 0 aromatic rings. The van der Waals surface area contributed by atoms with Crippen LogP contribution in [-0.2, 0) is 10.2 Å². The van der Waals surface area contributed by atoms with Gasteiger partial charge < -0.3 is 5.32 Å². The summed E-state index contributed by atoms with van der Waals surface area (Å²) >= 11 is 0. The Bertz CT molecular complexity index is 311. The van der Waals surface area contributed by atoms with Gasteiger partial charge in [-0.1, -0.05) is 6.92 Å². The van der Waals surface area contributed by atoms with E-state index in [1.807, 2.05) is 20.8 Å². The van der Waals surface area contributed by atoms with Crippen LogP contribution in [0.3, 0.4) is 0 Å². The lowest BCUT2D eigenvalue weighted by Gasteiger charge is -2.25. The van der Waals surface area contributed by atoms with Crippen LogP contribution in [0.2, 0.25) is 0 Å². The van der Waals surface area contributed by atoms with Crippen molar-refractivity contribution in [3.8, 4) is 0 Å². The lowest BCUT2D eigenvalue weighted by atomic mass is 10.2. The van der Waals surface area contributed by atoms with Gasteiger partial charge in [0, 0.05) is 25.2 Å². The molecule has 1 aliphatic rings. The van der Waals surface area contributed by atoms with Crippen molar-refractivity contribution in [3.63, 3.8) is 0 Å². The van der Waals surface area contributed by atoms with Crippen LogP contribution >= 0.6 is 0 Å². The third-order valence-corrected chi connectivity index (χ3v) is 4.56. The Morgan fingerprint density at radius 3 is 2.65 bits per heavy atom. The molecule has 1 rings (SSSR count). The molecular weight excluding hydrogens is 238 g/mol. The van der Waals surface area contributed by atoms with Crippen molar-refractivity contribution >= 4 is 10.2 Å². The fraction of sp³-hybridized carbons (Fsp3) is 1.00. The topological polar surface area (TPSA) is 61.4 Å². The molecule has 1 atom stereocenters. The minimum atomic E-state index is -3.33. The first-order valence-corrected chi connectivity index (χ1v) is 7.90. The molecule has 0 saturated carbocycles. The van der Waals surface area contributed by atoms with E-state index in [2.05, 4.69) is 10.0 Å². The van der Waals surface area contributed by atoms with E-state index in [0.717, 1.165) is 25.8 Å². The average Bonchev–Trinajstić information content (AvgIpc) is 2.67. The molecule has 0 aliphatic carbocycles. The highest BCUT2D eigenvalue weighted by atomic mass is 32.2. The van der Waals surface area contributed by atoms with Crippen molar-refractivity contribution in [2.75, 3.05) is 19.6 Å². The van der Waals surface area contributed by atoms with Crippen molar-refractivity contribution in [3.05, 3.63) is 0 Å². The zero-order chi connectivity index (χ0) is 12.9. The Labute approximate surface area is 105 Å².